The molecule has 0 radical (unpaired) electrons. The van der Waals surface area contributed by atoms with Crippen LogP contribution in [0.25, 0.3) is 0 Å². The first-order valence-corrected chi connectivity index (χ1v) is 17.5. The van der Waals surface area contributed by atoms with Crippen molar-refractivity contribution in [3.05, 3.63) is 0 Å². The van der Waals surface area contributed by atoms with Crippen LogP contribution in [0.15, 0.2) is 0 Å². The first-order valence-electron chi connectivity index (χ1n) is 8.13. The third-order valence-electron chi connectivity index (χ3n) is 3.01. The van der Waals surface area contributed by atoms with Crippen molar-refractivity contribution in [1.82, 2.24) is 0 Å². The fraction of sp³-hybridized carbons (Fsp3) is 1.00. The van der Waals surface area contributed by atoms with Gasteiger partial charge in [0.25, 0.3) is 0 Å². The van der Waals surface area contributed by atoms with Gasteiger partial charge >= 0.3 is 8.56 Å². The monoisotopic (exact) mass is 350 g/mol. The second kappa shape index (κ2) is 7.85. The molecule has 1 rings (SSSR count). The van der Waals surface area contributed by atoms with Crippen molar-refractivity contribution in [1.29, 1.82) is 0 Å². The highest BCUT2D eigenvalue weighted by atomic mass is 28.5. The van der Waals surface area contributed by atoms with Crippen LogP contribution < -0.4 is 0 Å². The first-order chi connectivity index (χ1) is 9.49. The minimum atomic E-state index is -2.09. The van der Waals surface area contributed by atoms with Gasteiger partial charge in [0.2, 0.25) is 0 Å². The Kier molecular flexibility index (Phi) is 7.30. The van der Waals surface area contributed by atoms with Crippen molar-refractivity contribution in [3.8, 4) is 0 Å². The van der Waals surface area contributed by atoms with Crippen LogP contribution >= 0.6 is 0 Å². The van der Waals surface area contributed by atoms with E-state index in [0.29, 0.717) is 0 Å². The van der Waals surface area contributed by atoms with Gasteiger partial charge < -0.3 is 17.7 Å². The molecule has 4 nitrogen and oxygen atoms in total. The van der Waals surface area contributed by atoms with Gasteiger partial charge in [-0.05, 0) is 64.7 Å². The van der Waals surface area contributed by atoms with E-state index in [9.17, 15) is 0 Å². The molecule has 1 unspecified atom stereocenters. The molecule has 1 aliphatic heterocycles. The van der Waals surface area contributed by atoms with E-state index in [1.165, 1.54) is 0 Å². The lowest BCUT2D eigenvalue weighted by Crippen LogP contribution is -2.52. The molecule has 0 aliphatic carbocycles. The quantitative estimate of drug-likeness (QED) is 0.459. The third kappa shape index (κ3) is 9.27. The molecule has 0 aromatic rings. The average Bonchev–Trinajstić information content (AvgIpc) is 2.71. The van der Waals surface area contributed by atoms with E-state index >= 15 is 0 Å². The van der Waals surface area contributed by atoms with E-state index in [1.807, 2.05) is 0 Å². The maximum atomic E-state index is 6.48. The average molecular weight is 351 g/mol. The molecular weight excluding hydrogens is 316 g/mol. The van der Waals surface area contributed by atoms with Gasteiger partial charge in [-0.2, -0.15) is 0 Å². The Hall–Kier alpha value is 0.491. The molecule has 1 heterocycles. The van der Waals surface area contributed by atoms with Crippen LogP contribution in [-0.2, 0) is 17.7 Å². The summed E-state index contributed by atoms with van der Waals surface area (Å²) in [5.41, 5.74) is 0. The Morgan fingerprint density at radius 1 is 0.952 bits per heavy atom. The van der Waals surface area contributed by atoms with Crippen LogP contribution in [0.5, 0.6) is 0 Å². The van der Waals surface area contributed by atoms with Crippen molar-refractivity contribution in [2.75, 3.05) is 13.2 Å². The minimum Gasteiger partial charge on any atom is -0.437 e. The van der Waals surface area contributed by atoms with Gasteiger partial charge in [0.15, 0.2) is 22.9 Å². The molecule has 0 spiro atoms. The van der Waals surface area contributed by atoms with Crippen LogP contribution in [-0.4, -0.2) is 44.7 Å². The smallest absolute Gasteiger partial charge is 0.314 e. The summed E-state index contributed by atoms with van der Waals surface area (Å²) >= 11 is 0. The highest BCUT2D eigenvalue weighted by molar-refractivity contribution is 6.87. The van der Waals surface area contributed by atoms with Crippen LogP contribution in [0.3, 0.4) is 0 Å². The summed E-state index contributed by atoms with van der Waals surface area (Å²) in [5.74, 6) is 0. The molecule has 0 saturated carbocycles. The standard InChI is InChI=1S/C14H34O4Si3/c1-19(2,3)17-21(7,18-20(4,5)6)13-9-12-16-14-10-8-11-15-14/h14H,8-13H2,1-7H3. The second-order valence-electron chi connectivity index (χ2n) is 7.98. The number of hydrogen-bond donors (Lipinski definition) is 0. The Balaban J connectivity index is 2.43. The van der Waals surface area contributed by atoms with Crippen molar-refractivity contribution < 1.29 is 17.7 Å². The van der Waals surface area contributed by atoms with Crippen molar-refractivity contribution in [2.24, 2.45) is 0 Å². The summed E-state index contributed by atoms with van der Waals surface area (Å²) in [6.07, 6.45) is 3.17. The summed E-state index contributed by atoms with van der Waals surface area (Å²) < 4.78 is 24.2. The lowest BCUT2D eigenvalue weighted by Gasteiger charge is -2.38. The van der Waals surface area contributed by atoms with Crippen LogP contribution in [0.1, 0.15) is 19.3 Å². The molecule has 1 fully saturated rings. The van der Waals surface area contributed by atoms with E-state index in [-0.39, 0.29) is 6.29 Å². The summed E-state index contributed by atoms with van der Waals surface area (Å²) in [6, 6.07) is 1.01. The molecule has 21 heavy (non-hydrogen) atoms. The zero-order chi connectivity index (χ0) is 16.1. The summed E-state index contributed by atoms with van der Waals surface area (Å²) in [5, 5.41) is 0. The lowest BCUT2D eigenvalue weighted by atomic mass is 10.4. The van der Waals surface area contributed by atoms with E-state index in [2.05, 4.69) is 45.8 Å². The predicted molar refractivity (Wildman–Crippen MR) is 94.8 cm³/mol. The van der Waals surface area contributed by atoms with E-state index in [4.69, 9.17) is 17.7 Å². The van der Waals surface area contributed by atoms with Gasteiger partial charge in [0.05, 0.1) is 0 Å². The van der Waals surface area contributed by atoms with Crippen LogP contribution in [0.4, 0.5) is 0 Å². The SMILES string of the molecule is C[Si](C)(C)O[Si](C)(CCCOC1CCCO1)O[Si](C)(C)C. The highest BCUT2D eigenvalue weighted by Crippen LogP contribution is 2.25. The van der Waals surface area contributed by atoms with E-state index < -0.39 is 25.2 Å². The van der Waals surface area contributed by atoms with Crippen molar-refractivity contribution in [3.63, 3.8) is 0 Å². The van der Waals surface area contributed by atoms with Crippen LogP contribution in [0.2, 0.25) is 51.9 Å². The van der Waals surface area contributed by atoms with Gasteiger partial charge in [0, 0.05) is 19.6 Å². The Morgan fingerprint density at radius 2 is 1.52 bits per heavy atom. The molecular formula is C14H34O4Si3. The first kappa shape index (κ1) is 19.5. The normalized spacial score (nSPS) is 21.0. The third-order valence-corrected chi connectivity index (χ3v) is 12.6. The fourth-order valence-electron chi connectivity index (χ4n) is 2.71. The van der Waals surface area contributed by atoms with Gasteiger partial charge in [-0.15, -0.1) is 0 Å². The fourth-order valence-corrected chi connectivity index (χ4v) is 15.2. The maximum absolute atomic E-state index is 6.48. The number of hydrogen-bond acceptors (Lipinski definition) is 4. The number of ether oxygens (including phenoxy) is 2. The van der Waals surface area contributed by atoms with Crippen LogP contribution in [0, 0.1) is 0 Å². The number of rotatable bonds is 9. The molecule has 7 heteroatoms. The second-order valence-corrected chi connectivity index (χ2v) is 20.8. The van der Waals surface area contributed by atoms with E-state index in [1.54, 1.807) is 0 Å². The zero-order valence-corrected chi connectivity index (χ0v) is 18.0. The molecule has 0 amide bonds. The van der Waals surface area contributed by atoms with Gasteiger partial charge in [0.1, 0.15) is 0 Å². The predicted octanol–water partition coefficient (Wildman–Crippen LogP) is 4.30. The van der Waals surface area contributed by atoms with Gasteiger partial charge in [-0.3, -0.25) is 0 Å². The minimum absolute atomic E-state index is 0.0220. The molecule has 0 aromatic carbocycles. The molecule has 0 bridgehead atoms. The summed E-state index contributed by atoms with van der Waals surface area (Å²) in [6.45, 7) is 17.3. The Morgan fingerprint density at radius 3 is 1.95 bits per heavy atom. The molecule has 1 atom stereocenters. The summed E-state index contributed by atoms with van der Waals surface area (Å²) in [4.78, 5) is 0. The topological polar surface area (TPSA) is 36.9 Å². The molecule has 0 N–H and O–H groups in total. The zero-order valence-electron chi connectivity index (χ0n) is 15.0. The largest absolute Gasteiger partial charge is 0.437 e. The Bertz CT molecular complexity index is 290. The maximum Gasteiger partial charge on any atom is 0.314 e. The van der Waals surface area contributed by atoms with Gasteiger partial charge in [-0.1, -0.05) is 0 Å². The van der Waals surface area contributed by atoms with Crippen molar-refractivity contribution >= 4 is 25.2 Å². The van der Waals surface area contributed by atoms with Gasteiger partial charge in [-0.25, -0.2) is 0 Å². The highest BCUT2D eigenvalue weighted by Gasteiger charge is 2.39. The van der Waals surface area contributed by atoms with Crippen molar-refractivity contribution in [2.45, 2.75) is 77.4 Å². The van der Waals surface area contributed by atoms with E-state index in [0.717, 1.165) is 38.5 Å². The molecule has 1 saturated heterocycles. The molecule has 126 valence electrons. The summed E-state index contributed by atoms with van der Waals surface area (Å²) in [7, 11) is -5.26. The molecule has 0 aromatic heterocycles. The lowest BCUT2D eigenvalue weighted by molar-refractivity contribution is -0.110. The Labute approximate surface area is 134 Å². The molecule has 1 aliphatic rings.